The minimum absolute atomic E-state index is 0.0584. The Labute approximate surface area is 88.8 Å². The molecule has 1 saturated heterocycles. The molecular formula is C11H15NO3. The Balaban J connectivity index is 2.38. The zero-order valence-corrected chi connectivity index (χ0v) is 8.91. The molecule has 15 heavy (non-hydrogen) atoms. The van der Waals surface area contributed by atoms with Crippen molar-refractivity contribution in [2.24, 2.45) is 0 Å². The second-order valence-electron chi connectivity index (χ2n) is 3.57. The zero-order chi connectivity index (χ0) is 10.8. The molecule has 1 unspecified atom stereocenters. The van der Waals surface area contributed by atoms with Crippen molar-refractivity contribution in [1.82, 2.24) is 5.32 Å². The second-order valence-corrected chi connectivity index (χ2v) is 3.57. The number of benzene rings is 1. The molecule has 0 bridgehead atoms. The molecule has 0 saturated carbocycles. The van der Waals surface area contributed by atoms with Gasteiger partial charge in [-0.3, -0.25) is 0 Å². The number of aromatic hydroxyl groups is 1. The summed E-state index contributed by atoms with van der Waals surface area (Å²) in [5.74, 6) is 0.971. The van der Waals surface area contributed by atoms with Crippen LogP contribution in [0.25, 0.3) is 0 Å². The fourth-order valence-corrected chi connectivity index (χ4v) is 1.69. The second kappa shape index (κ2) is 3.98. The van der Waals surface area contributed by atoms with Crippen molar-refractivity contribution in [3.8, 4) is 17.2 Å². The van der Waals surface area contributed by atoms with Crippen molar-refractivity contribution in [3.63, 3.8) is 0 Å². The third-order valence-corrected chi connectivity index (χ3v) is 2.73. The van der Waals surface area contributed by atoms with Gasteiger partial charge in [0.05, 0.1) is 14.2 Å². The first kappa shape index (κ1) is 10.1. The Hall–Kier alpha value is -1.42. The third-order valence-electron chi connectivity index (χ3n) is 2.73. The monoisotopic (exact) mass is 209 g/mol. The fourth-order valence-electron chi connectivity index (χ4n) is 1.69. The van der Waals surface area contributed by atoms with Crippen molar-refractivity contribution in [1.29, 1.82) is 0 Å². The normalized spacial score (nSPS) is 19.5. The van der Waals surface area contributed by atoms with E-state index in [4.69, 9.17) is 9.47 Å². The van der Waals surface area contributed by atoms with Crippen LogP contribution < -0.4 is 14.8 Å². The number of methoxy groups -OCH3 is 2. The summed E-state index contributed by atoms with van der Waals surface area (Å²) < 4.78 is 10.2. The van der Waals surface area contributed by atoms with Crippen molar-refractivity contribution < 1.29 is 14.6 Å². The maximum atomic E-state index is 9.72. The van der Waals surface area contributed by atoms with Gasteiger partial charge in [-0.05, 0) is 30.7 Å². The Morgan fingerprint density at radius 2 is 1.80 bits per heavy atom. The third kappa shape index (κ3) is 1.72. The highest BCUT2D eigenvalue weighted by Gasteiger charge is 2.21. The highest BCUT2D eigenvalue weighted by molar-refractivity contribution is 5.53. The molecule has 0 spiro atoms. The standard InChI is InChI=1S/C11H15NO3/c1-14-9-5-7(8-3-4-12-8)6-10(15-2)11(9)13/h5-6,8,12-13H,3-4H2,1-2H3. The lowest BCUT2D eigenvalue weighted by atomic mass is 9.97. The van der Waals surface area contributed by atoms with E-state index in [1.165, 1.54) is 14.2 Å². The van der Waals surface area contributed by atoms with E-state index in [2.05, 4.69) is 5.32 Å². The molecule has 1 heterocycles. The Bertz CT molecular complexity index is 336. The maximum absolute atomic E-state index is 9.72. The average Bonchev–Trinajstić information content (AvgIpc) is 2.17. The molecule has 0 radical (unpaired) electrons. The lowest BCUT2D eigenvalue weighted by Crippen LogP contribution is -2.34. The number of ether oxygens (including phenoxy) is 2. The van der Waals surface area contributed by atoms with Crippen LogP contribution in [0.15, 0.2) is 12.1 Å². The highest BCUT2D eigenvalue weighted by Crippen LogP contribution is 2.40. The van der Waals surface area contributed by atoms with Gasteiger partial charge in [-0.25, -0.2) is 0 Å². The topological polar surface area (TPSA) is 50.7 Å². The first-order chi connectivity index (χ1) is 7.26. The summed E-state index contributed by atoms with van der Waals surface area (Å²) in [6.07, 6.45) is 1.11. The molecule has 4 heteroatoms. The van der Waals surface area contributed by atoms with Gasteiger partial charge in [-0.1, -0.05) is 0 Å². The summed E-state index contributed by atoms with van der Waals surface area (Å²) in [6.45, 7) is 1.04. The largest absolute Gasteiger partial charge is 0.502 e. The summed E-state index contributed by atoms with van der Waals surface area (Å²) in [5, 5.41) is 13.0. The van der Waals surface area contributed by atoms with Gasteiger partial charge in [0.1, 0.15) is 0 Å². The van der Waals surface area contributed by atoms with E-state index < -0.39 is 0 Å². The van der Waals surface area contributed by atoms with Gasteiger partial charge in [0.25, 0.3) is 0 Å². The van der Waals surface area contributed by atoms with Crippen molar-refractivity contribution in [2.45, 2.75) is 12.5 Å². The summed E-state index contributed by atoms with van der Waals surface area (Å²) in [5.41, 5.74) is 1.09. The molecule has 1 fully saturated rings. The molecule has 2 N–H and O–H groups in total. The van der Waals surface area contributed by atoms with Crippen LogP contribution in [0.5, 0.6) is 17.2 Å². The van der Waals surface area contributed by atoms with Crippen LogP contribution in [0.3, 0.4) is 0 Å². The minimum atomic E-state index is 0.0584. The number of rotatable bonds is 3. The Morgan fingerprint density at radius 1 is 1.27 bits per heavy atom. The molecule has 4 nitrogen and oxygen atoms in total. The summed E-state index contributed by atoms with van der Waals surface area (Å²) >= 11 is 0. The Morgan fingerprint density at radius 3 is 2.13 bits per heavy atom. The van der Waals surface area contributed by atoms with Gasteiger partial charge < -0.3 is 19.9 Å². The Kier molecular flexibility index (Phi) is 2.68. The van der Waals surface area contributed by atoms with Gasteiger partial charge in [0, 0.05) is 6.04 Å². The predicted octanol–water partition coefficient (Wildman–Crippen LogP) is 1.44. The van der Waals surface area contributed by atoms with E-state index in [-0.39, 0.29) is 5.75 Å². The molecule has 82 valence electrons. The molecule has 1 aromatic rings. The summed E-state index contributed by atoms with van der Waals surface area (Å²) in [4.78, 5) is 0. The van der Waals surface area contributed by atoms with E-state index in [1.54, 1.807) is 0 Å². The van der Waals surface area contributed by atoms with Crippen molar-refractivity contribution in [2.75, 3.05) is 20.8 Å². The zero-order valence-electron chi connectivity index (χ0n) is 8.91. The SMILES string of the molecule is COc1cc(C2CCN2)cc(OC)c1O. The molecule has 1 atom stereocenters. The first-order valence-corrected chi connectivity index (χ1v) is 4.94. The quantitative estimate of drug-likeness (QED) is 0.791. The van der Waals surface area contributed by atoms with Crippen LogP contribution in [0.2, 0.25) is 0 Å². The van der Waals surface area contributed by atoms with Crippen LogP contribution in [0.4, 0.5) is 0 Å². The summed E-state index contributed by atoms with van der Waals surface area (Å²) in [7, 11) is 3.07. The van der Waals surface area contributed by atoms with Crippen LogP contribution >= 0.6 is 0 Å². The smallest absolute Gasteiger partial charge is 0.200 e. The van der Waals surface area contributed by atoms with E-state index in [1.807, 2.05) is 12.1 Å². The molecule has 0 amide bonds. The minimum Gasteiger partial charge on any atom is -0.502 e. The van der Waals surface area contributed by atoms with Gasteiger partial charge in [-0.2, -0.15) is 0 Å². The van der Waals surface area contributed by atoms with E-state index in [0.29, 0.717) is 17.5 Å². The average molecular weight is 209 g/mol. The number of hydrogen-bond donors (Lipinski definition) is 2. The number of phenolic OH excluding ortho intramolecular Hbond substituents is 1. The van der Waals surface area contributed by atoms with Gasteiger partial charge in [0.15, 0.2) is 11.5 Å². The van der Waals surface area contributed by atoms with Crippen LogP contribution in [-0.2, 0) is 0 Å². The summed E-state index contributed by atoms with van der Waals surface area (Å²) in [6, 6.07) is 4.04. The van der Waals surface area contributed by atoms with Crippen LogP contribution in [0.1, 0.15) is 18.0 Å². The number of phenols is 1. The lowest BCUT2D eigenvalue weighted by Gasteiger charge is -2.28. The molecule has 0 aromatic heterocycles. The molecule has 1 aromatic carbocycles. The maximum Gasteiger partial charge on any atom is 0.200 e. The van der Waals surface area contributed by atoms with E-state index in [9.17, 15) is 5.11 Å². The number of nitrogens with one attached hydrogen (secondary N) is 1. The molecular weight excluding hydrogens is 194 g/mol. The predicted molar refractivity (Wildman–Crippen MR) is 56.6 cm³/mol. The van der Waals surface area contributed by atoms with E-state index in [0.717, 1.165) is 18.5 Å². The first-order valence-electron chi connectivity index (χ1n) is 4.94. The number of hydrogen-bond acceptors (Lipinski definition) is 4. The van der Waals surface area contributed by atoms with Gasteiger partial charge >= 0.3 is 0 Å². The highest BCUT2D eigenvalue weighted by atomic mass is 16.5. The van der Waals surface area contributed by atoms with Crippen LogP contribution in [-0.4, -0.2) is 25.9 Å². The molecule has 2 rings (SSSR count). The van der Waals surface area contributed by atoms with Gasteiger partial charge in [-0.15, -0.1) is 0 Å². The van der Waals surface area contributed by atoms with Crippen molar-refractivity contribution in [3.05, 3.63) is 17.7 Å². The lowest BCUT2D eigenvalue weighted by molar-refractivity contribution is 0.333. The molecule has 1 aliphatic heterocycles. The van der Waals surface area contributed by atoms with Crippen LogP contribution in [0, 0.1) is 0 Å². The molecule has 0 aliphatic carbocycles. The van der Waals surface area contributed by atoms with Crippen molar-refractivity contribution >= 4 is 0 Å². The van der Waals surface area contributed by atoms with E-state index >= 15 is 0 Å². The molecule has 1 aliphatic rings. The fraction of sp³-hybridized carbons (Fsp3) is 0.455. The van der Waals surface area contributed by atoms with Gasteiger partial charge in [0.2, 0.25) is 5.75 Å².